The minimum atomic E-state index is 0.491. The molecule has 0 fully saturated rings. The maximum absolute atomic E-state index is 4.58. The molecule has 2 heteroatoms. The first-order valence-corrected chi connectivity index (χ1v) is 16.2. The number of aryl methyl sites for hydroxylation is 1. The van der Waals surface area contributed by atoms with Crippen LogP contribution in [0.4, 0.5) is 0 Å². The van der Waals surface area contributed by atoms with Gasteiger partial charge in [0.25, 0.3) is 0 Å². The summed E-state index contributed by atoms with van der Waals surface area (Å²) in [6.45, 7) is 4.91. The standard InChI is InChI=1S/C42H38N2/c1-27-8-6-12-37-39(27)42(30-10-4-3-5-11-30)40-28(2)9-7-13-38(40)41(37)34-17-16-31-22-33(15-14-32(31)23-34)36-24-35(25-44-26-36)29-18-20-43-21-19-29/h3-8,10-15,18-28,39-40,42H,9,16-17H2,1-2H3. The first-order valence-electron chi connectivity index (χ1n) is 16.2. The normalized spacial score (nSPS) is 25.5. The topological polar surface area (TPSA) is 25.8 Å². The third-order valence-electron chi connectivity index (χ3n) is 10.5. The lowest BCUT2D eigenvalue weighted by Gasteiger charge is -2.49. The second kappa shape index (κ2) is 11.2. The second-order valence-electron chi connectivity index (χ2n) is 13.1. The number of rotatable bonds is 4. The molecule has 0 saturated heterocycles. The Morgan fingerprint density at radius 3 is 2.39 bits per heavy atom. The SMILES string of the molecule is CC1C=CC=C2C(C3=Cc4ccc(-c5cncc(-c6ccncc6)c5)cc4CC3)=C3C=CCC(C)C3C(c3ccccc3)C21. The lowest BCUT2D eigenvalue weighted by Crippen LogP contribution is -2.38. The highest BCUT2D eigenvalue weighted by molar-refractivity contribution is 5.76. The average molecular weight is 571 g/mol. The molecular formula is C42H38N2. The van der Waals surface area contributed by atoms with Crippen molar-refractivity contribution in [3.8, 4) is 22.3 Å². The predicted octanol–water partition coefficient (Wildman–Crippen LogP) is 10.2. The van der Waals surface area contributed by atoms with E-state index in [-0.39, 0.29) is 0 Å². The quantitative estimate of drug-likeness (QED) is 0.244. The molecule has 0 N–H and O–H groups in total. The van der Waals surface area contributed by atoms with Crippen LogP contribution >= 0.6 is 0 Å². The minimum Gasteiger partial charge on any atom is -0.265 e. The zero-order valence-electron chi connectivity index (χ0n) is 25.5. The van der Waals surface area contributed by atoms with Crippen LogP contribution in [0.25, 0.3) is 28.3 Å². The van der Waals surface area contributed by atoms with E-state index < -0.39 is 0 Å². The fourth-order valence-electron chi connectivity index (χ4n) is 8.41. The van der Waals surface area contributed by atoms with Gasteiger partial charge in [-0.2, -0.15) is 0 Å². The number of pyridine rings is 2. The summed E-state index contributed by atoms with van der Waals surface area (Å²) in [5, 5.41) is 0. The zero-order chi connectivity index (χ0) is 29.6. The van der Waals surface area contributed by atoms with Gasteiger partial charge in [-0.3, -0.25) is 9.97 Å². The van der Waals surface area contributed by atoms with Gasteiger partial charge in [-0.05, 0) is 117 Å². The van der Waals surface area contributed by atoms with Crippen molar-refractivity contribution in [1.82, 2.24) is 9.97 Å². The summed E-state index contributed by atoms with van der Waals surface area (Å²) < 4.78 is 0. The van der Waals surface area contributed by atoms with Crippen molar-refractivity contribution in [2.45, 2.75) is 39.0 Å². The summed E-state index contributed by atoms with van der Waals surface area (Å²) in [6.07, 6.45) is 25.5. The predicted molar refractivity (Wildman–Crippen MR) is 182 cm³/mol. The molecule has 44 heavy (non-hydrogen) atoms. The lowest BCUT2D eigenvalue weighted by molar-refractivity contribution is 0.247. The van der Waals surface area contributed by atoms with Crippen LogP contribution in [-0.2, 0) is 6.42 Å². The number of benzene rings is 2. The summed E-state index contributed by atoms with van der Waals surface area (Å²) in [4.78, 5) is 8.75. The van der Waals surface area contributed by atoms with Crippen molar-refractivity contribution in [2.75, 3.05) is 0 Å². The molecule has 2 aromatic heterocycles. The highest BCUT2D eigenvalue weighted by Gasteiger charge is 2.46. The Labute approximate surface area is 261 Å². The molecule has 4 aliphatic rings. The number of hydrogen-bond donors (Lipinski definition) is 0. The van der Waals surface area contributed by atoms with Crippen LogP contribution in [0.15, 0.2) is 144 Å². The maximum atomic E-state index is 4.58. The van der Waals surface area contributed by atoms with E-state index in [1.807, 2.05) is 36.9 Å². The van der Waals surface area contributed by atoms with Gasteiger partial charge in [-0.1, -0.05) is 98.8 Å². The van der Waals surface area contributed by atoms with Crippen LogP contribution in [-0.4, -0.2) is 9.97 Å². The van der Waals surface area contributed by atoms with E-state index >= 15 is 0 Å². The fourth-order valence-corrected chi connectivity index (χ4v) is 8.41. The molecule has 0 spiro atoms. The molecule has 8 rings (SSSR count). The summed E-state index contributed by atoms with van der Waals surface area (Å²) in [5.74, 6) is 2.63. The number of hydrogen-bond acceptors (Lipinski definition) is 2. The molecule has 4 aliphatic carbocycles. The van der Waals surface area contributed by atoms with E-state index in [1.165, 1.54) is 33.4 Å². The van der Waals surface area contributed by atoms with Crippen LogP contribution in [0.1, 0.15) is 49.3 Å². The van der Waals surface area contributed by atoms with Crippen molar-refractivity contribution in [3.63, 3.8) is 0 Å². The summed E-state index contributed by atoms with van der Waals surface area (Å²) in [6, 6.07) is 24.7. The molecule has 5 atom stereocenters. The molecule has 0 radical (unpaired) electrons. The lowest BCUT2D eigenvalue weighted by atomic mass is 9.54. The van der Waals surface area contributed by atoms with Crippen LogP contribution in [0.3, 0.4) is 0 Å². The third-order valence-corrected chi connectivity index (χ3v) is 10.5. The highest BCUT2D eigenvalue weighted by atomic mass is 14.6. The summed E-state index contributed by atoms with van der Waals surface area (Å²) >= 11 is 0. The number of aromatic nitrogens is 2. The van der Waals surface area contributed by atoms with E-state index in [0.29, 0.717) is 29.6 Å². The van der Waals surface area contributed by atoms with Crippen molar-refractivity contribution in [3.05, 3.63) is 161 Å². The van der Waals surface area contributed by atoms with Gasteiger partial charge in [-0.15, -0.1) is 0 Å². The van der Waals surface area contributed by atoms with Gasteiger partial charge >= 0.3 is 0 Å². The van der Waals surface area contributed by atoms with Gasteiger partial charge in [0, 0.05) is 35.9 Å². The number of fused-ring (bicyclic) bond motifs is 3. The largest absolute Gasteiger partial charge is 0.265 e. The Bertz CT molecular complexity index is 1870. The van der Waals surface area contributed by atoms with Gasteiger partial charge in [0.15, 0.2) is 0 Å². The minimum absolute atomic E-state index is 0.491. The van der Waals surface area contributed by atoms with Crippen molar-refractivity contribution in [1.29, 1.82) is 0 Å². The molecule has 2 heterocycles. The van der Waals surface area contributed by atoms with Crippen molar-refractivity contribution < 1.29 is 0 Å². The van der Waals surface area contributed by atoms with Gasteiger partial charge in [0.1, 0.15) is 0 Å². The molecule has 2 aromatic carbocycles. The number of allylic oxidation sites excluding steroid dienone is 9. The molecular weight excluding hydrogens is 532 g/mol. The summed E-state index contributed by atoms with van der Waals surface area (Å²) in [5.41, 5.74) is 15.1. The van der Waals surface area contributed by atoms with E-state index in [0.717, 1.165) is 36.0 Å². The van der Waals surface area contributed by atoms with E-state index in [9.17, 15) is 0 Å². The van der Waals surface area contributed by atoms with E-state index in [4.69, 9.17) is 0 Å². The first kappa shape index (κ1) is 27.0. The van der Waals surface area contributed by atoms with Gasteiger partial charge < -0.3 is 0 Å². The zero-order valence-corrected chi connectivity index (χ0v) is 25.5. The van der Waals surface area contributed by atoms with Crippen LogP contribution < -0.4 is 0 Å². The molecule has 2 nitrogen and oxygen atoms in total. The van der Waals surface area contributed by atoms with E-state index in [1.54, 1.807) is 11.1 Å². The number of nitrogens with zero attached hydrogens (tertiary/aromatic N) is 2. The van der Waals surface area contributed by atoms with E-state index in [2.05, 4.69) is 115 Å². The Kier molecular flexibility index (Phi) is 6.86. The molecule has 5 unspecified atom stereocenters. The first-order chi connectivity index (χ1) is 21.7. The van der Waals surface area contributed by atoms with Crippen LogP contribution in [0.5, 0.6) is 0 Å². The van der Waals surface area contributed by atoms with Gasteiger partial charge in [-0.25, -0.2) is 0 Å². The Morgan fingerprint density at radius 2 is 1.55 bits per heavy atom. The van der Waals surface area contributed by atoms with Crippen LogP contribution in [0, 0.1) is 23.7 Å². The molecule has 4 aromatic rings. The molecule has 0 saturated carbocycles. The van der Waals surface area contributed by atoms with Crippen molar-refractivity contribution >= 4 is 6.08 Å². The second-order valence-corrected chi connectivity index (χ2v) is 13.1. The monoisotopic (exact) mass is 570 g/mol. The average Bonchev–Trinajstić information content (AvgIpc) is 3.08. The van der Waals surface area contributed by atoms with Crippen molar-refractivity contribution in [2.24, 2.45) is 23.7 Å². The Balaban J connectivity index is 1.21. The Hall–Kier alpha value is -4.56. The third kappa shape index (κ3) is 4.65. The van der Waals surface area contributed by atoms with Gasteiger partial charge in [0.2, 0.25) is 0 Å². The Morgan fingerprint density at radius 1 is 0.727 bits per heavy atom. The van der Waals surface area contributed by atoms with Gasteiger partial charge in [0.05, 0.1) is 0 Å². The molecule has 0 amide bonds. The van der Waals surface area contributed by atoms with Crippen LogP contribution in [0.2, 0.25) is 0 Å². The smallest absolute Gasteiger partial charge is 0.0346 e. The molecule has 0 aliphatic heterocycles. The molecule has 0 bridgehead atoms. The molecule has 216 valence electrons. The fraction of sp³-hybridized carbons (Fsp3) is 0.238. The highest BCUT2D eigenvalue weighted by Crippen LogP contribution is 2.58. The summed E-state index contributed by atoms with van der Waals surface area (Å²) in [7, 11) is 0. The maximum Gasteiger partial charge on any atom is 0.0346 e.